The first-order valence-corrected chi connectivity index (χ1v) is 7.60. The van der Waals surface area contributed by atoms with Gasteiger partial charge in [0.25, 0.3) is 0 Å². The van der Waals surface area contributed by atoms with Crippen molar-refractivity contribution in [2.75, 3.05) is 14.1 Å². The van der Waals surface area contributed by atoms with E-state index in [1.165, 1.54) is 19.3 Å². The van der Waals surface area contributed by atoms with Gasteiger partial charge < -0.3 is 9.47 Å². The van der Waals surface area contributed by atoms with Gasteiger partial charge in [0.15, 0.2) is 5.65 Å². The molecule has 0 N–H and O–H groups in total. The number of hydrogen-bond donors (Lipinski definition) is 0. The zero-order valence-electron chi connectivity index (χ0n) is 12.3. The molecule has 1 aliphatic carbocycles. The Bertz CT molecular complexity index is 613. The molecule has 1 atom stereocenters. The van der Waals surface area contributed by atoms with Gasteiger partial charge in [-0.15, -0.1) is 11.6 Å². The molecule has 20 heavy (non-hydrogen) atoms. The highest BCUT2D eigenvalue weighted by atomic mass is 35.5. The normalized spacial score (nSPS) is 19.2. The molecule has 1 aliphatic rings. The smallest absolute Gasteiger partial charge is 0.160 e. The lowest BCUT2D eigenvalue weighted by molar-refractivity contribution is 0.0426. The lowest BCUT2D eigenvalue weighted by atomic mass is 9.75. The van der Waals surface area contributed by atoms with Crippen LogP contribution >= 0.6 is 11.6 Å². The second kappa shape index (κ2) is 5.01. The van der Waals surface area contributed by atoms with Gasteiger partial charge in [0.1, 0.15) is 11.3 Å². The summed E-state index contributed by atoms with van der Waals surface area (Å²) < 4.78 is 2.21. The summed E-state index contributed by atoms with van der Waals surface area (Å²) in [5, 5.41) is -0.108. The highest BCUT2D eigenvalue weighted by Crippen LogP contribution is 2.39. The van der Waals surface area contributed by atoms with Crippen LogP contribution in [0.15, 0.2) is 18.3 Å². The van der Waals surface area contributed by atoms with E-state index in [1.54, 1.807) is 0 Å². The van der Waals surface area contributed by atoms with Crippen LogP contribution in [-0.2, 0) is 6.54 Å². The van der Waals surface area contributed by atoms with Crippen LogP contribution in [0, 0.1) is 0 Å². The molecule has 2 aromatic rings. The topological polar surface area (TPSA) is 34.0 Å². The van der Waals surface area contributed by atoms with Crippen molar-refractivity contribution in [1.82, 2.24) is 19.4 Å². The SMILES string of the molecule is CC(Cl)c1nc2cccnc2n1CC1(N(C)C)CCC1. The molecule has 5 heteroatoms. The van der Waals surface area contributed by atoms with Crippen LogP contribution in [-0.4, -0.2) is 39.1 Å². The lowest BCUT2D eigenvalue weighted by Crippen LogP contribution is -2.53. The molecule has 0 aliphatic heterocycles. The van der Waals surface area contributed by atoms with Gasteiger partial charge in [0, 0.05) is 18.3 Å². The maximum absolute atomic E-state index is 6.32. The average molecular weight is 293 g/mol. The molecule has 2 aromatic heterocycles. The number of nitrogens with zero attached hydrogens (tertiary/aromatic N) is 4. The molecule has 0 spiro atoms. The second-order valence-corrected chi connectivity index (χ2v) is 6.65. The number of alkyl halides is 1. The maximum atomic E-state index is 6.32. The summed E-state index contributed by atoms with van der Waals surface area (Å²) in [5.74, 6) is 0.925. The first-order chi connectivity index (χ1) is 9.53. The Labute approximate surface area is 124 Å². The summed E-state index contributed by atoms with van der Waals surface area (Å²) in [6.07, 6.45) is 5.57. The summed E-state index contributed by atoms with van der Waals surface area (Å²) in [7, 11) is 4.32. The molecule has 1 fully saturated rings. The molecule has 0 amide bonds. The van der Waals surface area contributed by atoms with Crippen LogP contribution in [0.5, 0.6) is 0 Å². The first kappa shape index (κ1) is 13.8. The van der Waals surface area contributed by atoms with Crippen LogP contribution in [0.25, 0.3) is 11.2 Å². The third-order valence-corrected chi connectivity index (χ3v) is 4.77. The van der Waals surface area contributed by atoms with Crippen LogP contribution in [0.3, 0.4) is 0 Å². The minimum atomic E-state index is -0.108. The van der Waals surface area contributed by atoms with E-state index in [0.717, 1.165) is 23.5 Å². The second-order valence-electron chi connectivity index (χ2n) is 5.99. The Morgan fingerprint density at radius 1 is 1.45 bits per heavy atom. The van der Waals surface area contributed by atoms with Crippen molar-refractivity contribution in [2.24, 2.45) is 0 Å². The lowest BCUT2D eigenvalue weighted by Gasteiger charge is -2.47. The van der Waals surface area contributed by atoms with Crippen LogP contribution in [0.4, 0.5) is 0 Å². The highest BCUT2D eigenvalue weighted by molar-refractivity contribution is 6.20. The number of hydrogen-bond acceptors (Lipinski definition) is 3. The number of halogens is 1. The molecule has 4 nitrogen and oxygen atoms in total. The zero-order chi connectivity index (χ0) is 14.3. The molecular formula is C15H21ClN4. The summed E-state index contributed by atoms with van der Waals surface area (Å²) in [6.45, 7) is 2.89. The summed E-state index contributed by atoms with van der Waals surface area (Å²) in [4.78, 5) is 11.5. The van der Waals surface area contributed by atoms with E-state index in [2.05, 4.69) is 33.5 Å². The van der Waals surface area contributed by atoms with Gasteiger partial charge in [-0.1, -0.05) is 0 Å². The van der Waals surface area contributed by atoms with Crippen molar-refractivity contribution in [3.63, 3.8) is 0 Å². The van der Waals surface area contributed by atoms with Crippen molar-refractivity contribution in [3.8, 4) is 0 Å². The van der Waals surface area contributed by atoms with Crippen LogP contribution in [0.1, 0.15) is 37.4 Å². The maximum Gasteiger partial charge on any atom is 0.160 e. The third-order valence-electron chi connectivity index (χ3n) is 4.57. The molecular weight excluding hydrogens is 272 g/mol. The molecule has 2 heterocycles. The van der Waals surface area contributed by atoms with Gasteiger partial charge >= 0.3 is 0 Å². The highest BCUT2D eigenvalue weighted by Gasteiger charge is 2.40. The van der Waals surface area contributed by atoms with Crippen molar-refractivity contribution in [2.45, 2.75) is 43.6 Å². The fourth-order valence-electron chi connectivity index (χ4n) is 3.06. The zero-order valence-corrected chi connectivity index (χ0v) is 13.1. The Hall–Kier alpha value is -1.13. The van der Waals surface area contributed by atoms with Crippen LogP contribution in [0.2, 0.25) is 0 Å². The Morgan fingerprint density at radius 2 is 2.20 bits per heavy atom. The number of rotatable bonds is 4. The number of imidazole rings is 1. The Balaban J connectivity index is 2.07. The Morgan fingerprint density at radius 3 is 2.75 bits per heavy atom. The fourth-order valence-corrected chi connectivity index (χ4v) is 3.23. The molecule has 3 rings (SSSR count). The van der Waals surface area contributed by atoms with Gasteiger partial charge in [0.05, 0.1) is 5.38 Å². The van der Waals surface area contributed by atoms with Gasteiger partial charge in [0.2, 0.25) is 0 Å². The number of fused-ring (bicyclic) bond motifs is 1. The molecule has 0 saturated heterocycles. The van der Waals surface area contributed by atoms with Crippen molar-refractivity contribution in [3.05, 3.63) is 24.2 Å². The molecule has 0 radical (unpaired) electrons. The number of likely N-dealkylation sites (N-methyl/N-ethyl adjacent to an activating group) is 1. The van der Waals surface area contributed by atoms with Crippen molar-refractivity contribution >= 4 is 22.8 Å². The largest absolute Gasteiger partial charge is 0.310 e. The van der Waals surface area contributed by atoms with E-state index in [-0.39, 0.29) is 10.9 Å². The number of aromatic nitrogens is 3. The molecule has 0 bridgehead atoms. The standard InChI is InChI=1S/C15H21ClN4/c1-11(16)13-18-12-6-4-9-17-14(12)20(13)10-15(19(2)3)7-5-8-15/h4,6,9,11H,5,7-8,10H2,1-3H3. The molecule has 1 saturated carbocycles. The predicted molar refractivity (Wildman–Crippen MR) is 82.1 cm³/mol. The summed E-state index contributed by atoms with van der Waals surface area (Å²) >= 11 is 6.32. The average Bonchev–Trinajstić information content (AvgIpc) is 2.72. The van der Waals surface area contributed by atoms with Gasteiger partial charge in [-0.3, -0.25) is 0 Å². The quantitative estimate of drug-likeness (QED) is 0.812. The van der Waals surface area contributed by atoms with E-state index >= 15 is 0 Å². The van der Waals surface area contributed by atoms with Crippen molar-refractivity contribution < 1.29 is 0 Å². The van der Waals surface area contributed by atoms with Gasteiger partial charge in [-0.2, -0.15) is 0 Å². The predicted octanol–water partition coefficient (Wildman–Crippen LogP) is 3.22. The molecule has 1 unspecified atom stereocenters. The summed E-state index contributed by atoms with van der Waals surface area (Å²) in [5.41, 5.74) is 2.11. The van der Waals surface area contributed by atoms with E-state index in [9.17, 15) is 0 Å². The fraction of sp³-hybridized carbons (Fsp3) is 0.600. The van der Waals surface area contributed by atoms with E-state index < -0.39 is 0 Å². The van der Waals surface area contributed by atoms with Crippen LogP contribution < -0.4 is 0 Å². The van der Waals surface area contributed by atoms with Crippen molar-refractivity contribution in [1.29, 1.82) is 0 Å². The van der Waals surface area contributed by atoms with E-state index in [0.29, 0.717) is 0 Å². The Kier molecular flexibility index (Phi) is 3.46. The first-order valence-electron chi connectivity index (χ1n) is 7.16. The monoisotopic (exact) mass is 292 g/mol. The van der Waals surface area contributed by atoms with Gasteiger partial charge in [-0.05, 0) is 52.4 Å². The molecule has 0 aromatic carbocycles. The van der Waals surface area contributed by atoms with Gasteiger partial charge in [-0.25, -0.2) is 9.97 Å². The summed E-state index contributed by atoms with van der Waals surface area (Å²) in [6, 6.07) is 3.93. The number of pyridine rings is 1. The van der Waals surface area contributed by atoms with E-state index in [4.69, 9.17) is 11.6 Å². The molecule has 108 valence electrons. The minimum Gasteiger partial charge on any atom is -0.310 e. The third kappa shape index (κ3) is 2.11. The minimum absolute atomic E-state index is 0.108. The van der Waals surface area contributed by atoms with E-state index in [1.807, 2.05) is 25.3 Å².